The van der Waals surface area contributed by atoms with Gasteiger partial charge in [0.05, 0.1) is 22.1 Å². The summed E-state index contributed by atoms with van der Waals surface area (Å²) in [6, 6.07) is 6.83. The maximum Gasteiger partial charge on any atom is 0.246 e. The van der Waals surface area contributed by atoms with Crippen molar-refractivity contribution in [1.29, 1.82) is 0 Å². The van der Waals surface area contributed by atoms with Gasteiger partial charge in [0.2, 0.25) is 19.1 Å². The van der Waals surface area contributed by atoms with Crippen LogP contribution in [0.3, 0.4) is 0 Å². The topological polar surface area (TPSA) is 91.4 Å². The van der Waals surface area contributed by atoms with Crippen LogP contribution in [0.1, 0.15) is 135 Å². The van der Waals surface area contributed by atoms with E-state index >= 15 is 0 Å². The summed E-state index contributed by atoms with van der Waals surface area (Å²) in [6.07, 6.45) is 16.4. The summed E-state index contributed by atoms with van der Waals surface area (Å²) in [7, 11) is 0.475. The van der Waals surface area contributed by atoms with Crippen LogP contribution in [-0.4, -0.2) is 53.4 Å². The SMILES string of the molecule is Cc1ncsc1-c1ccc([C@H](C)NC(=O)[C@@H]2CCCN2C(=O)C(NC(=O)BC2CCCCCCCCCCCC2)C(C)(C)C)cc1. The zero-order valence-electron chi connectivity index (χ0n) is 29.0. The second-order valence-electron chi connectivity index (χ2n) is 14.9. The van der Waals surface area contributed by atoms with Gasteiger partial charge in [-0.15, -0.1) is 11.3 Å². The van der Waals surface area contributed by atoms with Crippen molar-refractivity contribution in [3.8, 4) is 10.4 Å². The van der Waals surface area contributed by atoms with Gasteiger partial charge in [-0.05, 0) is 43.2 Å². The number of rotatable bonds is 8. The maximum absolute atomic E-state index is 14.1. The minimum atomic E-state index is -0.677. The molecule has 1 aromatic heterocycles. The molecule has 4 rings (SSSR count). The lowest BCUT2D eigenvalue weighted by atomic mass is 9.59. The van der Waals surface area contributed by atoms with Crippen molar-refractivity contribution >= 4 is 36.2 Å². The highest BCUT2D eigenvalue weighted by Gasteiger charge is 2.42. The Morgan fingerprint density at radius 1 is 0.870 bits per heavy atom. The third kappa shape index (κ3) is 10.4. The summed E-state index contributed by atoms with van der Waals surface area (Å²) in [4.78, 5) is 48.4. The number of nitrogens with one attached hydrogen (secondary N) is 2. The largest absolute Gasteiger partial charge is 0.353 e. The van der Waals surface area contributed by atoms with Crippen molar-refractivity contribution < 1.29 is 14.4 Å². The fourth-order valence-corrected chi connectivity index (χ4v) is 7.94. The number of thiazole rings is 1. The molecule has 7 nitrogen and oxygen atoms in total. The molecule has 0 bridgehead atoms. The molecule has 1 aliphatic heterocycles. The molecule has 1 aromatic carbocycles. The van der Waals surface area contributed by atoms with Gasteiger partial charge < -0.3 is 15.5 Å². The molecule has 252 valence electrons. The predicted octanol–water partition coefficient (Wildman–Crippen LogP) is 8.33. The molecule has 1 saturated carbocycles. The molecule has 2 fully saturated rings. The van der Waals surface area contributed by atoms with Gasteiger partial charge in [0.15, 0.2) is 5.81 Å². The number of benzene rings is 1. The fraction of sp³-hybridized carbons (Fsp3) is 0.676. The van der Waals surface area contributed by atoms with E-state index in [2.05, 4.69) is 27.8 Å². The van der Waals surface area contributed by atoms with Crippen LogP contribution in [0.5, 0.6) is 0 Å². The van der Waals surface area contributed by atoms with E-state index in [-0.39, 0.29) is 23.7 Å². The molecule has 3 atom stereocenters. The van der Waals surface area contributed by atoms with Crippen molar-refractivity contribution in [2.24, 2.45) is 5.41 Å². The number of carbonyl (C=O) groups excluding carboxylic acids is 3. The van der Waals surface area contributed by atoms with Crippen molar-refractivity contribution in [3.05, 3.63) is 41.0 Å². The Morgan fingerprint density at radius 3 is 2.00 bits per heavy atom. The molecule has 2 heterocycles. The Hall–Kier alpha value is -2.68. The van der Waals surface area contributed by atoms with Gasteiger partial charge >= 0.3 is 0 Å². The second-order valence-corrected chi connectivity index (χ2v) is 15.7. The molecule has 1 unspecified atom stereocenters. The molecule has 46 heavy (non-hydrogen) atoms. The summed E-state index contributed by atoms with van der Waals surface area (Å²) in [5.41, 5.74) is 4.52. The molecule has 1 saturated heterocycles. The lowest BCUT2D eigenvalue weighted by Crippen LogP contribution is -2.58. The molecule has 2 aromatic rings. The summed E-state index contributed by atoms with van der Waals surface area (Å²) >= 11 is 1.62. The molecule has 2 aliphatic rings. The third-order valence-corrected chi connectivity index (χ3v) is 11.0. The molecule has 1 aliphatic carbocycles. The van der Waals surface area contributed by atoms with Gasteiger partial charge in [-0.2, -0.15) is 0 Å². The summed E-state index contributed by atoms with van der Waals surface area (Å²) in [5, 5.41) is 6.32. The van der Waals surface area contributed by atoms with Crippen molar-refractivity contribution in [3.63, 3.8) is 0 Å². The Balaban J connectivity index is 1.36. The van der Waals surface area contributed by atoms with Crippen LogP contribution in [-0.2, 0) is 9.59 Å². The smallest absolute Gasteiger partial charge is 0.246 e. The molecular weight excluding hydrogens is 591 g/mol. The van der Waals surface area contributed by atoms with Gasteiger partial charge in [0, 0.05) is 6.54 Å². The van der Waals surface area contributed by atoms with Crippen molar-refractivity contribution in [1.82, 2.24) is 20.5 Å². The number of aromatic nitrogens is 1. The molecule has 9 heteroatoms. The molecule has 0 radical (unpaired) electrons. The first kappa shape index (κ1) is 36.2. The number of amides is 3. The van der Waals surface area contributed by atoms with E-state index in [4.69, 9.17) is 0 Å². The number of carbonyl (C=O) groups is 3. The van der Waals surface area contributed by atoms with Gasteiger partial charge in [-0.1, -0.05) is 128 Å². The number of likely N-dealkylation sites (tertiary alicyclic amines) is 1. The second kappa shape index (κ2) is 17.5. The Labute approximate surface area is 282 Å². The van der Waals surface area contributed by atoms with E-state index in [1.165, 1.54) is 64.2 Å². The number of hydrogen-bond donors (Lipinski definition) is 2. The average Bonchev–Trinajstić information content (AvgIpc) is 3.69. The van der Waals surface area contributed by atoms with E-state index in [0.29, 0.717) is 26.1 Å². The van der Waals surface area contributed by atoms with Gasteiger partial charge in [-0.3, -0.25) is 14.4 Å². The van der Waals surface area contributed by atoms with Crippen LogP contribution in [0.15, 0.2) is 29.8 Å². The first-order chi connectivity index (χ1) is 22.0. The number of aryl methyl sites for hydroxylation is 1. The highest BCUT2D eigenvalue weighted by molar-refractivity contribution is 7.13. The minimum absolute atomic E-state index is 0.0339. The van der Waals surface area contributed by atoms with Crippen LogP contribution in [0.2, 0.25) is 5.82 Å². The van der Waals surface area contributed by atoms with Crippen LogP contribution >= 0.6 is 11.3 Å². The third-order valence-electron chi connectivity index (χ3n) is 9.98. The summed E-state index contributed by atoms with van der Waals surface area (Å²) in [6.45, 7) is 10.5. The Bertz CT molecular complexity index is 1260. The first-order valence-electron chi connectivity index (χ1n) is 17.9. The monoisotopic (exact) mass is 648 g/mol. The van der Waals surface area contributed by atoms with Crippen LogP contribution in [0.25, 0.3) is 10.4 Å². The van der Waals surface area contributed by atoms with Gasteiger partial charge in [0.25, 0.3) is 0 Å². The molecule has 2 N–H and O–H groups in total. The van der Waals surface area contributed by atoms with Crippen LogP contribution in [0.4, 0.5) is 4.79 Å². The summed E-state index contributed by atoms with van der Waals surface area (Å²) < 4.78 is 0. The summed E-state index contributed by atoms with van der Waals surface area (Å²) in [5.74, 6) is 0.0471. The number of nitrogens with zero attached hydrogens (tertiary/aromatic N) is 2. The standard InChI is InChI=1S/C37H57BN4O3S/c1-26(28-20-22-29(23-21-28)32-27(2)39-25-46-32)40-34(43)31-19-16-24-42(31)35(44)33(37(3,4)5)41-36(45)38-30-17-14-12-10-8-6-7-9-11-13-15-18-30/h20-23,25-26,30-31,33,38H,6-19,24H2,1-5H3,(H,40,43)(H,41,45)/t26-,31-,33?/m0/s1. The van der Waals surface area contributed by atoms with E-state index < -0.39 is 17.5 Å². The first-order valence-corrected chi connectivity index (χ1v) is 18.8. The highest BCUT2D eigenvalue weighted by atomic mass is 32.1. The van der Waals surface area contributed by atoms with Crippen molar-refractivity contribution in [2.45, 2.75) is 148 Å². The highest BCUT2D eigenvalue weighted by Crippen LogP contribution is 2.30. The van der Waals surface area contributed by atoms with E-state index in [9.17, 15) is 14.4 Å². The van der Waals surface area contributed by atoms with Gasteiger partial charge in [-0.25, -0.2) is 4.98 Å². The van der Waals surface area contributed by atoms with Gasteiger partial charge in [0.1, 0.15) is 12.1 Å². The minimum Gasteiger partial charge on any atom is -0.353 e. The molecular formula is C37H57BN4O3S. The quantitative estimate of drug-likeness (QED) is 0.282. The number of hydrogen-bond acceptors (Lipinski definition) is 5. The lowest BCUT2D eigenvalue weighted by molar-refractivity contribution is -0.142. The van der Waals surface area contributed by atoms with E-state index in [1.807, 2.05) is 52.3 Å². The van der Waals surface area contributed by atoms with E-state index in [1.54, 1.807) is 16.2 Å². The zero-order valence-corrected chi connectivity index (χ0v) is 29.9. The lowest BCUT2D eigenvalue weighted by Gasteiger charge is -2.36. The van der Waals surface area contributed by atoms with Crippen LogP contribution in [0, 0.1) is 12.3 Å². The molecule has 3 amide bonds. The maximum atomic E-state index is 14.1. The Kier molecular flexibility index (Phi) is 13.7. The Morgan fingerprint density at radius 2 is 1.46 bits per heavy atom. The average molecular weight is 649 g/mol. The van der Waals surface area contributed by atoms with Crippen LogP contribution < -0.4 is 10.6 Å². The zero-order chi connectivity index (χ0) is 33.1. The van der Waals surface area contributed by atoms with E-state index in [0.717, 1.165) is 41.0 Å². The van der Waals surface area contributed by atoms with Crippen molar-refractivity contribution in [2.75, 3.05) is 6.54 Å². The normalized spacial score (nSPS) is 20.5. The predicted molar refractivity (Wildman–Crippen MR) is 192 cm³/mol. The fourth-order valence-electron chi connectivity index (χ4n) is 7.12. The molecule has 0 spiro atoms.